The summed E-state index contributed by atoms with van der Waals surface area (Å²) in [7, 11) is -1.61. The van der Waals surface area contributed by atoms with Gasteiger partial charge >= 0.3 is 0 Å². The lowest BCUT2D eigenvalue weighted by Gasteiger charge is -2.34. The summed E-state index contributed by atoms with van der Waals surface area (Å²) in [6.45, 7) is 3.85. The minimum Gasteiger partial charge on any atom is -0.368 e. The van der Waals surface area contributed by atoms with Gasteiger partial charge < -0.3 is 9.80 Å². The van der Waals surface area contributed by atoms with Crippen LogP contribution in [0.1, 0.15) is 0 Å². The molecule has 0 saturated carbocycles. The van der Waals surface area contributed by atoms with Gasteiger partial charge in [0.2, 0.25) is 0 Å². The van der Waals surface area contributed by atoms with Crippen LogP contribution in [-0.4, -0.2) is 50.5 Å². The lowest BCUT2D eigenvalue weighted by molar-refractivity contribution is 0.313. The van der Waals surface area contributed by atoms with Crippen LogP contribution in [-0.2, 0) is 10.0 Å². The number of anilines is 1. The first kappa shape index (κ1) is 19.4. The standard InChI is InChI=1S/C23H22ClN3O2S/c1-25-12-14-26(15-13-25)22-6-3-7-23-20(22)10-11-27(23)30(28,29)18-8-9-19-17(16-18)4-2-5-21(19)24/h2-11,16H,12-15H2,1H3. The Morgan fingerprint density at radius 3 is 2.43 bits per heavy atom. The number of piperazine rings is 1. The molecule has 1 fully saturated rings. The van der Waals surface area contributed by atoms with Crippen LogP contribution >= 0.6 is 11.6 Å². The smallest absolute Gasteiger partial charge is 0.268 e. The Morgan fingerprint density at radius 2 is 1.63 bits per heavy atom. The van der Waals surface area contributed by atoms with Crippen molar-refractivity contribution in [3.05, 3.63) is 71.9 Å². The number of halogens is 1. The largest absolute Gasteiger partial charge is 0.368 e. The minimum absolute atomic E-state index is 0.250. The number of rotatable bonds is 3. The molecule has 1 aromatic heterocycles. The molecule has 0 spiro atoms. The highest BCUT2D eigenvalue weighted by molar-refractivity contribution is 7.90. The van der Waals surface area contributed by atoms with E-state index in [0.29, 0.717) is 10.5 Å². The second-order valence-electron chi connectivity index (χ2n) is 7.74. The highest BCUT2D eigenvalue weighted by atomic mass is 35.5. The van der Waals surface area contributed by atoms with Gasteiger partial charge in [-0.15, -0.1) is 0 Å². The Bertz CT molecular complexity index is 1360. The van der Waals surface area contributed by atoms with E-state index in [9.17, 15) is 8.42 Å². The summed E-state index contributed by atoms with van der Waals surface area (Å²) in [5.74, 6) is 0. The maximum atomic E-state index is 13.5. The van der Waals surface area contributed by atoms with Crippen molar-refractivity contribution in [3.63, 3.8) is 0 Å². The van der Waals surface area contributed by atoms with Crippen molar-refractivity contribution in [1.82, 2.24) is 8.87 Å². The molecule has 1 saturated heterocycles. The zero-order chi connectivity index (χ0) is 20.9. The summed E-state index contributed by atoms with van der Waals surface area (Å²) in [5, 5.41) is 3.21. The predicted octanol–water partition coefficient (Wildman–Crippen LogP) is 4.44. The molecule has 3 aromatic carbocycles. The van der Waals surface area contributed by atoms with Crippen molar-refractivity contribution in [3.8, 4) is 0 Å². The van der Waals surface area contributed by atoms with Crippen molar-refractivity contribution in [2.24, 2.45) is 0 Å². The Hall–Kier alpha value is -2.54. The van der Waals surface area contributed by atoms with Gasteiger partial charge in [0.15, 0.2) is 0 Å². The van der Waals surface area contributed by atoms with Crippen LogP contribution in [0.4, 0.5) is 5.69 Å². The monoisotopic (exact) mass is 439 g/mol. The van der Waals surface area contributed by atoms with E-state index in [0.717, 1.165) is 48.0 Å². The number of likely N-dealkylation sites (N-methyl/N-ethyl adjacent to an activating group) is 1. The molecule has 0 atom stereocenters. The molecular formula is C23H22ClN3O2S. The molecule has 1 aliphatic heterocycles. The van der Waals surface area contributed by atoms with Crippen LogP contribution in [0.25, 0.3) is 21.7 Å². The van der Waals surface area contributed by atoms with Gasteiger partial charge in [-0.1, -0.05) is 35.9 Å². The second-order valence-corrected chi connectivity index (χ2v) is 9.96. The summed E-state index contributed by atoms with van der Waals surface area (Å²) in [5.41, 5.74) is 1.78. The fourth-order valence-corrected chi connectivity index (χ4v) is 5.78. The zero-order valence-corrected chi connectivity index (χ0v) is 18.2. The minimum atomic E-state index is -3.74. The first-order valence-electron chi connectivity index (χ1n) is 9.92. The van der Waals surface area contributed by atoms with E-state index in [-0.39, 0.29) is 4.90 Å². The normalized spacial score (nSPS) is 15.9. The third-order valence-electron chi connectivity index (χ3n) is 5.87. The molecule has 30 heavy (non-hydrogen) atoms. The quantitative estimate of drug-likeness (QED) is 0.473. The molecule has 5 nitrogen and oxygen atoms in total. The lowest BCUT2D eigenvalue weighted by Crippen LogP contribution is -2.44. The number of benzene rings is 3. The molecule has 0 radical (unpaired) electrons. The van der Waals surface area contributed by atoms with E-state index in [1.165, 1.54) is 3.97 Å². The highest BCUT2D eigenvalue weighted by Gasteiger charge is 2.22. The molecule has 0 bridgehead atoms. The Kier molecular flexibility index (Phi) is 4.73. The van der Waals surface area contributed by atoms with Gasteiger partial charge in [0.05, 0.1) is 10.4 Å². The topological polar surface area (TPSA) is 45.5 Å². The Labute approximate surface area is 181 Å². The molecular weight excluding hydrogens is 418 g/mol. The molecule has 0 aliphatic carbocycles. The van der Waals surface area contributed by atoms with Gasteiger partial charge in [-0.05, 0) is 48.8 Å². The van der Waals surface area contributed by atoms with Crippen molar-refractivity contribution >= 4 is 49.0 Å². The molecule has 5 rings (SSSR count). The predicted molar refractivity (Wildman–Crippen MR) is 123 cm³/mol. The SMILES string of the molecule is CN1CCN(c2cccc3c2ccn3S(=O)(=O)c2ccc3c(Cl)cccc3c2)CC1. The number of nitrogens with zero attached hydrogens (tertiary/aromatic N) is 3. The first-order valence-corrected chi connectivity index (χ1v) is 11.7. The molecule has 154 valence electrons. The molecule has 4 aromatic rings. The maximum Gasteiger partial charge on any atom is 0.268 e. The van der Waals surface area contributed by atoms with E-state index >= 15 is 0 Å². The summed E-state index contributed by atoms with van der Waals surface area (Å²) in [4.78, 5) is 4.88. The lowest BCUT2D eigenvalue weighted by atomic mass is 10.1. The van der Waals surface area contributed by atoms with Crippen molar-refractivity contribution < 1.29 is 8.42 Å². The number of hydrogen-bond acceptors (Lipinski definition) is 4. The fourth-order valence-electron chi connectivity index (χ4n) is 4.16. The van der Waals surface area contributed by atoms with Crippen LogP contribution < -0.4 is 4.90 Å². The maximum absolute atomic E-state index is 13.5. The summed E-state index contributed by atoms with van der Waals surface area (Å²) >= 11 is 6.24. The fraction of sp³-hybridized carbons (Fsp3) is 0.217. The van der Waals surface area contributed by atoms with Crippen LogP contribution in [0.15, 0.2) is 71.8 Å². The number of hydrogen-bond donors (Lipinski definition) is 0. The van der Waals surface area contributed by atoms with E-state index in [2.05, 4.69) is 22.9 Å². The van der Waals surface area contributed by atoms with Crippen LogP contribution in [0, 0.1) is 0 Å². The van der Waals surface area contributed by atoms with Gasteiger partial charge in [0.1, 0.15) is 0 Å². The van der Waals surface area contributed by atoms with Gasteiger partial charge in [0, 0.05) is 53.9 Å². The zero-order valence-electron chi connectivity index (χ0n) is 16.6. The van der Waals surface area contributed by atoms with E-state index in [1.807, 2.05) is 30.3 Å². The average Bonchev–Trinajstić information content (AvgIpc) is 3.19. The van der Waals surface area contributed by atoms with Crippen LogP contribution in [0.2, 0.25) is 5.02 Å². The summed E-state index contributed by atoms with van der Waals surface area (Å²) in [6.07, 6.45) is 1.65. The molecule has 2 heterocycles. The van der Waals surface area contributed by atoms with Crippen molar-refractivity contribution in [2.45, 2.75) is 4.90 Å². The molecule has 0 unspecified atom stereocenters. The molecule has 0 amide bonds. The van der Waals surface area contributed by atoms with Gasteiger partial charge in [-0.3, -0.25) is 0 Å². The Balaban J connectivity index is 1.60. The number of aromatic nitrogens is 1. The third-order valence-corrected chi connectivity index (χ3v) is 7.89. The average molecular weight is 440 g/mol. The van der Waals surface area contributed by atoms with Crippen molar-refractivity contribution in [1.29, 1.82) is 0 Å². The van der Waals surface area contributed by atoms with Gasteiger partial charge in [-0.2, -0.15) is 0 Å². The number of fused-ring (bicyclic) bond motifs is 2. The van der Waals surface area contributed by atoms with E-state index in [4.69, 9.17) is 11.6 Å². The summed E-state index contributed by atoms with van der Waals surface area (Å²) < 4.78 is 28.3. The Morgan fingerprint density at radius 1 is 0.867 bits per heavy atom. The molecule has 1 aliphatic rings. The van der Waals surface area contributed by atoms with Crippen LogP contribution in [0.5, 0.6) is 0 Å². The first-order chi connectivity index (χ1) is 14.4. The van der Waals surface area contributed by atoms with Crippen LogP contribution in [0.3, 0.4) is 0 Å². The van der Waals surface area contributed by atoms with E-state index in [1.54, 1.807) is 30.5 Å². The molecule has 7 heteroatoms. The molecule has 0 N–H and O–H groups in total. The van der Waals surface area contributed by atoms with Crippen molar-refractivity contribution in [2.75, 3.05) is 38.1 Å². The van der Waals surface area contributed by atoms with Gasteiger partial charge in [-0.25, -0.2) is 12.4 Å². The second kappa shape index (κ2) is 7.30. The van der Waals surface area contributed by atoms with Gasteiger partial charge in [0.25, 0.3) is 10.0 Å². The highest BCUT2D eigenvalue weighted by Crippen LogP contribution is 2.32. The third kappa shape index (κ3) is 3.16. The van der Waals surface area contributed by atoms with E-state index < -0.39 is 10.0 Å². The summed E-state index contributed by atoms with van der Waals surface area (Å²) in [6, 6.07) is 18.4.